The van der Waals surface area contributed by atoms with E-state index in [-0.39, 0.29) is 6.04 Å². The Morgan fingerprint density at radius 2 is 2.04 bits per heavy atom. The Morgan fingerprint density at radius 1 is 1.12 bits per heavy atom. The van der Waals surface area contributed by atoms with Crippen LogP contribution in [0.2, 0.25) is 0 Å². The Balaban J connectivity index is 1.69. The fourth-order valence-corrected chi connectivity index (χ4v) is 4.49. The molecule has 0 radical (unpaired) electrons. The van der Waals surface area contributed by atoms with Crippen LogP contribution in [0.15, 0.2) is 22.7 Å². The van der Waals surface area contributed by atoms with Crippen molar-refractivity contribution < 1.29 is 0 Å². The van der Waals surface area contributed by atoms with Gasteiger partial charge in [-0.3, -0.25) is 0 Å². The molecule has 6 heteroatoms. The number of nitriles is 1. The van der Waals surface area contributed by atoms with Gasteiger partial charge in [0.05, 0.1) is 23.4 Å². The summed E-state index contributed by atoms with van der Waals surface area (Å²) in [7, 11) is 0. The van der Waals surface area contributed by atoms with Crippen LogP contribution in [0.4, 0.5) is 5.69 Å². The zero-order valence-electron chi connectivity index (χ0n) is 13.6. The van der Waals surface area contributed by atoms with Crippen LogP contribution in [-0.2, 0) is 13.0 Å². The molecule has 1 aromatic heterocycles. The summed E-state index contributed by atoms with van der Waals surface area (Å²) in [5, 5.41) is 18.1. The van der Waals surface area contributed by atoms with Crippen molar-refractivity contribution in [2.45, 2.75) is 51.1 Å². The minimum atomic E-state index is 0.272. The molecule has 1 unspecified atom stereocenters. The van der Waals surface area contributed by atoms with Crippen LogP contribution >= 0.6 is 15.9 Å². The maximum absolute atomic E-state index is 9.07. The van der Waals surface area contributed by atoms with Crippen molar-refractivity contribution in [1.82, 2.24) is 14.8 Å². The lowest BCUT2D eigenvalue weighted by molar-refractivity contribution is 0.559. The molecule has 1 atom stereocenters. The minimum Gasteiger partial charge on any atom is -0.360 e. The van der Waals surface area contributed by atoms with Crippen LogP contribution in [0.3, 0.4) is 0 Å². The highest BCUT2D eigenvalue weighted by Gasteiger charge is 2.32. The van der Waals surface area contributed by atoms with E-state index >= 15 is 0 Å². The second kappa shape index (κ2) is 6.56. The van der Waals surface area contributed by atoms with Gasteiger partial charge in [0.15, 0.2) is 5.82 Å². The van der Waals surface area contributed by atoms with E-state index in [9.17, 15) is 0 Å². The average Bonchev–Trinajstić information content (AvgIpc) is 3.15. The number of aryl methyl sites for hydroxylation is 1. The first kappa shape index (κ1) is 15.6. The van der Waals surface area contributed by atoms with Crippen molar-refractivity contribution in [2.75, 3.05) is 11.4 Å². The first-order chi connectivity index (χ1) is 11.8. The maximum Gasteiger partial charge on any atom is 0.155 e. The van der Waals surface area contributed by atoms with E-state index < -0.39 is 0 Å². The van der Waals surface area contributed by atoms with Gasteiger partial charge in [-0.15, -0.1) is 10.2 Å². The molecular weight excluding hydrogens is 366 g/mol. The van der Waals surface area contributed by atoms with Gasteiger partial charge in [0, 0.05) is 24.0 Å². The Bertz CT molecular complexity index is 791. The summed E-state index contributed by atoms with van der Waals surface area (Å²) in [4.78, 5) is 2.41. The number of anilines is 1. The van der Waals surface area contributed by atoms with Gasteiger partial charge in [0.25, 0.3) is 0 Å². The first-order valence-corrected chi connectivity index (χ1v) is 9.45. The van der Waals surface area contributed by atoms with Gasteiger partial charge in [-0.05, 0) is 59.8 Å². The molecule has 0 amide bonds. The van der Waals surface area contributed by atoms with Crippen LogP contribution in [0.1, 0.15) is 55.4 Å². The van der Waals surface area contributed by atoms with Crippen LogP contribution in [0.25, 0.3) is 0 Å². The van der Waals surface area contributed by atoms with E-state index in [1.165, 1.54) is 19.3 Å². The SMILES string of the molecule is N#Cc1ccc(N2CCCC2c2nnc3n2CCCCC3)c(Br)c1. The highest BCUT2D eigenvalue weighted by atomic mass is 79.9. The molecule has 2 aromatic rings. The van der Waals surface area contributed by atoms with Crippen molar-refractivity contribution in [3.63, 3.8) is 0 Å². The molecule has 24 heavy (non-hydrogen) atoms. The van der Waals surface area contributed by atoms with Crippen LogP contribution in [0, 0.1) is 11.3 Å². The third kappa shape index (κ3) is 2.71. The van der Waals surface area contributed by atoms with E-state index in [2.05, 4.69) is 41.7 Å². The zero-order valence-corrected chi connectivity index (χ0v) is 15.2. The molecule has 2 aliphatic heterocycles. The molecule has 0 bridgehead atoms. The van der Waals surface area contributed by atoms with Gasteiger partial charge < -0.3 is 9.47 Å². The fraction of sp³-hybridized carbons (Fsp3) is 0.500. The second-order valence-corrected chi connectivity index (χ2v) is 7.42. The summed E-state index contributed by atoms with van der Waals surface area (Å²) < 4.78 is 3.33. The molecule has 0 spiro atoms. The standard InChI is InChI=1S/C18H20BrN5/c19-14-11-13(12-20)7-8-15(14)23-10-4-5-16(23)18-22-21-17-6-2-1-3-9-24(17)18/h7-8,11,16H,1-6,9-10H2. The molecule has 1 aromatic carbocycles. The molecule has 0 aliphatic carbocycles. The highest BCUT2D eigenvalue weighted by molar-refractivity contribution is 9.10. The van der Waals surface area contributed by atoms with E-state index in [1.54, 1.807) is 0 Å². The summed E-state index contributed by atoms with van der Waals surface area (Å²) in [6.07, 6.45) is 7.00. The number of benzene rings is 1. The van der Waals surface area contributed by atoms with Crippen LogP contribution in [0.5, 0.6) is 0 Å². The number of rotatable bonds is 2. The maximum atomic E-state index is 9.07. The highest BCUT2D eigenvalue weighted by Crippen LogP contribution is 2.39. The number of fused-ring (bicyclic) bond motifs is 1. The van der Waals surface area contributed by atoms with E-state index in [0.29, 0.717) is 5.56 Å². The summed E-state index contributed by atoms with van der Waals surface area (Å²) in [5.74, 6) is 2.26. The molecule has 3 heterocycles. The van der Waals surface area contributed by atoms with Crippen LogP contribution < -0.4 is 4.90 Å². The molecule has 1 fully saturated rings. The number of nitrogens with zero attached hydrogens (tertiary/aromatic N) is 5. The molecule has 0 saturated carbocycles. The average molecular weight is 386 g/mol. The van der Waals surface area contributed by atoms with E-state index in [4.69, 9.17) is 5.26 Å². The lowest BCUT2D eigenvalue weighted by Crippen LogP contribution is -2.26. The van der Waals surface area contributed by atoms with Crippen molar-refractivity contribution in [1.29, 1.82) is 5.26 Å². The van der Waals surface area contributed by atoms with Gasteiger partial charge in [-0.1, -0.05) is 6.42 Å². The first-order valence-electron chi connectivity index (χ1n) is 8.66. The summed E-state index contributed by atoms with van der Waals surface area (Å²) in [6.45, 7) is 2.05. The Hall–Kier alpha value is -1.87. The predicted molar refractivity (Wildman–Crippen MR) is 95.8 cm³/mol. The van der Waals surface area contributed by atoms with Gasteiger partial charge in [0.2, 0.25) is 0 Å². The monoisotopic (exact) mass is 385 g/mol. The number of hydrogen-bond acceptors (Lipinski definition) is 4. The number of aromatic nitrogens is 3. The smallest absolute Gasteiger partial charge is 0.155 e. The van der Waals surface area contributed by atoms with Crippen molar-refractivity contribution in [3.05, 3.63) is 39.9 Å². The number of halogens is 1. The van der Waals surface area contributed by atoms with E-state index in [1.807, 2.05) is 18.2 Å². The molecule has 2 aliphatic rings. The lowest BCUT2D eigenvalue weighted by Gasteiger charge is -2.27. The summed E-state index contributed by atoms with van der Waals surface area (Å²) in [6, 6.07) is 8.30. The van der Waals surface area contributed by atoms with Crippen molar-refractivity contribution >= 4 is 21.6 Å². The molecule has 124 valence electrons. The fourth-order valence-electron chi connectivity index (χ4n) is 3.89. The predicted octanol–water partition coefficient (Wildman–Crippen LogP) is 3.98. The van der Waals surface area contributed by atoms with Crippen molar-refractivity contribution in [3.8, 4) is 6.07 Å². The Morgan fingerprint density at radius 3 is 2.88 bits per heavy atom. The zero-order chi connectivity index (χ0) is 16.5. The topological polar surface area (TPSA) is 57.7 Å². The minimum absolute atomic E-state index is 0.272. The third-order valence-corrected chi connectivity index (χ3v) is 5.71. The second-order valence-electron chi connectivity index (χ2n) is 6.57. The lowest BCUT2D eigenvalue weighted by atomic mass is 10.1. The summed E-state index contributed by atoms with van der Waals surface area (Å²) >= 11 is 3.64. The molecule has 1 saturated heterocycles. The molecular formula is C18H20BrN5. The Kier molecular flexibility index (Phi) is 4.28. The van der Waals surface area contributed by atoms with Gasteiger partial charge in [0.1, 0.15) is 5.82 Å². The Labute approximate surface area is 150 Å². The third-order valence-electron chi connectivity index (χ3n) is 5.08. The largest absolute Gasteiger partial charge is 0.360 e. The molecule has 0 N–H and O–H groups in total. The molecule has 4 rings (SSSR count). The molecule has 5 nitrogen and oxygen atoms in total. The van der Waals surface area contributed by atoms with Gasteiger partial charge >= 0.3 is 0 Å². The quantitative estimate of drug-likeness (QED) is 0.784. The van der Waals surface area contributed by atoms with Gasteiger partial charge in [-0.2, -0.15) is 5.26 Å². The number of hydrogen-bond donors (Lipinski definition) is 0. The summed E-state index contributed by atoms with van der Waals surface area (Å²) in [5.41, 5.74) is 1.82. The van der Waals surface area contributed by atoms with E-state index in [0.717, 1.165) is 54.2 Å². The normalized spacial score (nSPS) is 20.5. The van der Waals surface area contributed by atoms with Crippen LogP contribution in [-0.4, -0.2) is 21.3 Å². The van der Waals surface area contributed by atoms with Crippen molar-refractivity contribution in [2.24, 2.45) is 0 Å². The van der Waals surface area contributed by atoms with Gasteiger partial charge in [-0.25, -0.2) is 0 Å².